The normalized spacial score (nSPS) is 13.2. The Hall–Kier alpha value is -1.76. The third-order valence-corrected chi connectivity index (χ3v) is 4.61. The Morgan fingerprint density at radius 1 is 1.33 bits per heavy atom. The van der Waals surface area contributed by atoms with Crippen LogP contribution < -0.4 is 10.0 Å². The van der Waals surface area contributed by atoms with Crippen molar-refractivity contribution in [3.63, 3.8) is 0 Å². The second kappa shape index (κ2) is 6.80. The summed E-state index contributed by atoms with van der Waals surface area (Å²) < 4.78 is 27.3. The van der Waals surface area contributed by atoms with E-state index in [1.807, 2.05) is 6.92 Å². The smallest absolute Gasteiger partial charge is 0.240 e. The van der Waals surface area contributed by atoms with Crippen LogP contribution >= 0.6 is 0 Å². The first kappa shape index (κ1) is 15.6. The first-order chi connectivity index (χ1) is 10.0. The molecule has 2 N–H and O–H groups in total. The van der Waals surface area contributed by atoms with Gasteiger partial charge in [-0.1, -0.05) is 12.1 Å². The van der Waals surface area contributed by atoms with Gasteiger partial charge in [0.05, 0.1) is 4.90 Å². The molecule has 0 aliphatic rings. The number of pyridine rings is 1. The molecular weight excluding hydrogens is 286 g/mol. The zero-order valence-electron chi connectivity index (χ0n) is 11.9. The maximum atomic E-state index is 12.3. The summed E-state index contributed by atoms with van der Waals surface area (Å²) in [4.78, 5) is 4.27. The number of benzene rings is 1. The number of nitrogens with one attached hydrogen (secondary N) is 2. The highest BCUT2D eigenvalue weighted by atomic mass is 32.2. The number of sulfonamides is 1. The van der Waals surface area contributed by atoms with Gasteiger partial charge in [-0.3, -0.25) is 4.98 Å². The third-order valence-electron chi connectivity index (χ3n) is 3.02. The van der Waals surface area contributed by atoms with Gasteiger partial charge in [0.2, 0.25) is 10.0 Å². The lowest BCUT2D eigenvalue weighted by molar-refractivity contribution is 0.545. The van der Waals surface area contributed by atoms with Crippen molar-refractivity contribution in [3.05, 3.63) is 49.3 Å². The molecule has 6 heteroatoms. The fourth-order valence-electron chi connectivity index (χ4n) is 2.01. The van der Waals surface area contributed by atoms with E-state index < -0.39 is 10.0 Å². The maximum absolute atomic E-state index is 12.3. The van der Waals surface area contributed by atoms with Crippen molar-refractivity contribution in [2.45, 2.75) is 17.9 Å². The summed E-state index contributed by atoms with van der Waals surface area (Å²) in [6, 6.07) is 6.60. The minimum Gasteiger partial charge on any atom is -0.312 e. The summed E-state index contributed by atoms with van der Waals surface area (Å²) in [6.07, 6.45) is 5.09. The first-order valence-electron chi connectivity index (χ1n) is 6.70. The molecule has 21 heavy (non-hydrogen) atoms. The topological polar surface area (TPSA) is 71.1 Å². The zero-order chi connectivity index (χ0) is 15.3. The second-order valence-electron chi connectivity index (χ2n) is 4.85. The molecule has 5 nitrogen and oxygen atoms in total. The SMILES string of the molecule is C=CCNCC(C)NS(=O)(=O)c1ccc2cnccc2c1. The van der Waals surface area contributed by atoms with Gasteiger partial charge in [0, 0.05) is 36.9 Å². The quantitative estimate of drug-likeness (QED) is 0.603. The Kier molecular flexibility index (Phi) is 5.06. The highest BCUT2D eigenvalue weighted by molar-refractivity contribution is 7.89. The molecule has 0 aliphatic carbocycles. The van der Waals surface area contributed by atoms with E-state index in [0.717, 1.165) is 10.8 Å². The van der Waals surface area contributed by atoms with Gasteiger partial charge in [-0.25, -0.2) is 13.1 Å². The summed E-state index contributed by atoms with van der Waals surface area (Å²) in [7, 11) is -3.52. The van der Waals surface area contributed by atoms with E-state index in [1.54, 1.807) is 42.7 Å². The highest BCUT2D eigenvalue weighted by Crippen LogP contribution is 2.18. The molecule has 0 spiro atoms. The molecule has 112 valence electrons. The third kappa shape index (κ3) is 4.10. The van der Waals surface area contributed by atoms with Crippen molar-refractivity contribution in [3.8, 4) is 0 Å². The number of nitrogens with zero attached hydrogens (tertiary/aromatic N) is 1. The average molecular weight is 305 g/mol. The van der Waals surface area contributed by atoms with E-state index in [4.69, 9.17) is 0 Å². The lowest BCUT2D eigenvalue weighted by atomic mass is 10.2. The standard InChI is InChI=1S/C15H19N3O2S/c1-3-7-16-10-12(2)18-21(19,20)15-5-4-14-11-17-8-6-13(14)9-15/h3-6,8-9,11-12,16,18H,1,7,10H2,2H3. The van der Waals surface area contributed by atoms with Crippen LogP contribution in [0.25, 0.3) is 10.8 Å². The Balaban J connectivity index is 2.15. The van der Waals surface area contributed by atoms with Gasteiger partial charge < -0.3 is 5.32 Å². The molecule has 0 saturated heterocycles. The molecule has 0 radical (unpaired) electrons. The van der Waals surface area contributed by atoms with Crippen LogP contribution in [0.1, 0.15) is 6.92 Å². The highest BCUT2D eigenvalue weighted by Gasteiger charge is 2.17. The van der Waals surface area contributed by atoms with E-state index in [9.17, 15) is 8.42 Å². The van der Waals surface area contributed by atoms with Crippen LogP contribution in [0.15, 0.2) is 54.2 Å². The van der Waals surface area contributed by atoms with Crippen molar-refractivity contribution >= 4 is 20.8 Å². The van der Waals surface area contributed by atoms with Gasteiger partial charge in [0.1, 0.15) is 0 Å². The number of fused-ring (bicyclic) bond motifs is 1. The lowest BCUT2D eigenvalue weighted by Crippen LogP contribution is -2.39. The molecule has 2 aromatic rings. The Labute approximate surface area is 125 Å². The van der Waals surface area contributed by atoms with Crippen LogP contribution in [0.3, 0.4) is 0 Å². The summed E-state index contributed by atoms with van der Waals surface area (Å²) in [6.45, 7) is 6.61. The predicted molar refractivity (Wildman–Crippen MR) is 84.6 cm³/mol. The van der Waals surface area contributed by atoms with Crippen LogP contribution in [-0.2, 0) is 10.0 Å². The van der Waals surface area contributed by atoms with Crippen molar-refractivity contribution in [2.75, 3.05) is 13.1 Å². The van der Waals surface area contributed by atoms with Gasteiger partial charge in [0.15, 0.2) is 0 Å². The minimum absolute atomic E-state index is 0.205. The number of aromatic nitrogens is 1. The number of hydrogen-bond acceptors (Lipinski definition) is 4. The van der Waals surface area contributed by atoms with Crippen LogP contribution in [0, 0.1) is 0 Å². The number of rotatable bonds is 7. The van der Waals surface area contributed by atoms with E-state index in [1.165, 1.54) is 0 Å². The van der Waals surface area contributed by atoms with Gasteiger partial charge in [-0.05, 0) is 30.5 Å². The molecule has 0 amide bonds. The van der Waals surface area contributed by atoms with Crippen LogP contribution in [-0.4, -0.2) is 32.5 Å². The Morgan fingerprint density at radius 2 is 2.14 bits per heavy atom. The van der Waals surface area contributed by atoms with Gasteiger partial charge in [0.25, 0.3) is 0 Å². The average Bonchev–Trinajstić information content (AvgIpc) is 2.46. The van der Waals surface area contributed by atoms with E-state index in [-0.39, 0.29) is 10.9 Å². The Morgan fingerprint density at radius 3 is 2.90 bits per heavy atom. The minimum atomic E-state index is -3.52. The van der Waals surface area contributed by atoms with Crippen LogP contribution in [0.4, 0.5) is 0 Å². The van der Waals surface area contributed by atoms with E-state index >= 15 is 0 Å². The molecule has 2 rings (SSSR count). The summed E-state index contributed by atoms with van der Waals surface area (Å²) >= 11 is 0. The molecule has 0 saturated carbocycles. The Bertz CT molecular complexity index is 729. The molecule has 1 aromatic heterocycles. The molecule has 0 bridgehead atoms. The van der Waals surface area contributed by atoms with Crippen LogP contribution in [0.2, 0.25) is 0 Å². The fraction of sp³-hybridized carbons (Fsp3) is 0.267. The summed E-state index contributed by atoms with van der Waals surface area (Å²) in [5, 5.41) is 4.85. The second-order valence-corrected chi connectivity index (χ2v) is 6.57. The monoisotopic (exact) mass is 305 g/mol. The van der Waals surface area contributed by atoms with Crippen LogP contribution in [0.5, 0.6) is 0 Å². The molecule has 1 atom stereocenters. The first-order valence-corrected chi connectivity index (χ1v) is 8.19. The largest absolute Gasteiger partial charge is 0.312 e. The predicted octanol–water partition coefficient (Wildman–Crippen LogP) is 1.68. The van der Waals surface area contributed by atoms with Crippen molar-refractivity contribution in [2.24, 2.45) is 0 Å². The van der Waals surface area contributed by atoms with Gasteiger partial charge in [-0.15, -0.1) is 6.58 Å². The summed E-state index contributed by atoms with van der Waals surface area (Å²) in [5.41, 5.74) is 0. The molecule has 0 aliphatic heterocycles. The molecular formula is C15H19N3O2S. The zero-order valence-corrected chi connectivity index (χ0v) is 12.7. The maximum Gasteiger partial charge on any atom is 0.240 e. The molecule has 1 aromatic carbocycles. The molecule has 1 unspecified atom stereocenters. The van der Waals surface area contributed by atoms with E-state index in [0.29, 0.717) is 13.1 Å². The van der Waals surface area contributed by atoms with E-state index in [2.05, 4.69) is 21.6 Å². The van der Waals surface area contributed by atoms with Gasteiger partial charge >= 0.3 is 0 Å². The molecule has 0 fully saturated rings. The fourth-order valence-corrected chi connectivity index (χ4v) is 3.28. The van der Waals surface area contributed by atoms with Crippen molar-refractivity contribution in [1.82, 2.24) is 15.0 Å². The van der Waals surface area contributed by atoms with Crippen molar-refractivity contribution in [1.29, 1.82) is 0 Å². The van der Waals surface area contributed by atoms with Gasteiger partial charge in [-0.2, -0.15) is 0 Å². The van der Waals surface area contributed by atoms with Crippen molar-refractivity contribution < 1.29 is 8.42 Å². The lowest BCUT2D eigenvalue weighted by Gasteiger charge is -2.14. The molecule has 1 heterocycles. The number of hydrogen-bond donors (Lipinski definition) is 2. The summed E-state index contributed by atoms with van der Waals surface area (Å²) in [5.74, 6) is 0.